The normalized spacial score (nSPS) is 28.7. The molecule has 41 heavy (non-hydrogen) atoms. The van der Waals surface area contributed by atoms with Crippen LogP contribution >= 0.6 is 0 Å². The summed E-state index contributed by atoms with van der Waals surface area (Å²) in [6.07, 6.45) is 14.2. The molecule has 2 aromatic rings. The lowest BCUT2D eigenvalue weighted by Crippen LogP contribution is -2.34. The highest BCUT2D eigenvalue weighted by molar-refractivity contribution is 5.86. The summed E-state index contributed by atoms with van der Waals surface area (Å²) in [5, 5.41) is -0.489. The molecule has 5 rings (SSSR count). The summed E-state index contributed by atoms with van der Waals surface area (Å²) in [6, 6.07) is 3.78. The fraction of sp³-hybridized carbons (Fsp3) is 0.657. The van der Waals surface area contributed by atoms with Gasteiger partial charge in [-0.3, -0.25) is 0 Å². The minimum Gasteiger partial charge on any atom is -0.206 e. The Kier molecular flexibility index (Phi) is 9.61. The molecular formula is C35H42F6. The van der Waals surface area contributed by atoms with E-state index < -0.39 is 34.6 Å². The van der Waals surface area contributed by atoms with Gasteiger partial charge < -0.3 is 0 Å². The van der Waals surface area contributed by atoms with Gasteiger partial charge in [0.05, 0.1) is 10.9 Å². The Balaban J connectivity index is 1.18. The fourth-order valence-electron chi connectivity index (χ4n) is 8.41. The molecule has 3 aliphatic carbocycles. The van der Waals surface area contributed by atoms with Gasteiger partial charge in [-0.15, -0.1) is 0 Å². The van der Waals surface area contributed by atoms with E-state index >= 15 is 4.39 Å². The molecular weight excluding hydrogens is 534 g/mol. The van der Waals surface area contributed by atoms with E-state index in [0.29, 0.717) is 11.5 Å². The van der Waals surface area contributed by atoms with Gasteiger partial charge in [-0.1, -0.05) is 57.4 Å². The molecule has 2 aromatic carbocycles. The van der Waals surface area contributed by atoms with E-state index in [4.69, 9.17) is 0 Å². The molecule has 224 valence electrons. The smallest absolute Gasteiger partial charge is 0.206 e. The van der Waals surface area contributed by atoms with E-state index in [0.717, 1.165) is 61.3 Å². The van der Waals surface area contributed by atoms with Crippen LogP contribution in [0.25, 0.3) is 10.8 Å². The Bertz CT molecular complexity index is 1260. The monoisotopic (exact) mass is 576 g/mol. The van der Waals surface area contributed by atoms with Crippen LogP contribution in [0.5, 0.6) is 0 Å². The molecule has 0 amide bonds. The van der Waals surface area contributed by atoms with Crippen LogP contribution in [0.4, 0.5) is 26.3 Å². The van der Waals surface area contributed by atoms with Gasteiger partial charge in [0.15, 0.2) is 5.82 Å². The summed E-state index contributed by atoms with van der Waals surface area (Å²) in [5.41, 5.74) is -0.348. The number of hydrogen-bond donors (Lipinski definition) is 0. The Morgan fingerprint density at radius 2 is 1.39 bits per heavy atom. The van der Waals surface area contributed by atoms with Crippen LogP contribution in [0.1, 0.15) is 120 Å². The van der Waals surface area contributed by atoms with Crippen molar-refractivity contribution in [2.24, 2.45) is 29.6 Å². The van der Waals surface area contributed by atoms with E-state index in [2.05, 4.69) is 6.92 Å². The third-order valence-corrected chi connectivity index (χ3v) is 10.6. The molecule has 0 nitrogen and oxygen atoms in total. The molecule has 0 saturated heterocycles. The third kappa shape index (κ3) is 7.26. The van der Waals surface area contributed by atoms with Crippen LogP contribution in [-0.2, 0) is 0 Å². The van der Waals surface area contributed by atoms with Gasteiger partial charge in [0, 0.05) is 5.92 Å². The van der Waals surface area contributed by atoms with Gasteiger partial charge in [0.25, 0.3) is 0 Å². The molecule has 0 N–H and O–H groups in total. The van der Waals surface area contributed by atoms with Gasteiger partial charge in [0.1, 0.15) is 11.6 Å². The highest BCUT2D eigenvalue weighted by atomic mass is 19.4. The van der Waals surface area contributed by atoms with Crippen molar-refractivity contribution in [1.82, 2.24) is 0 Å². The molecule has 3 saturated carbocycles. The van der Waals surface area contributed by atoms with Crippen molar-refractivity contribution in [2.75, 3.05) is 0 Å². The number of rotatable bonds is 7. The highest BCUT2D eigenvalue weighted by Gasteiger charge is 2.39. The summed E-state index contributed by atoms with van der Waals surface area (Å²) < 4.78 is 81.8. The van der Waals surface area contributed by atoms with E-state index in [1.54, 1.807) is 6.07 Å². The molecule has 6 heteroatoms. The van der Waals surface area contributed by atoms with Crippen molar-refractivity contribution < 1.29 is 26.3 Å². The van der Waals surface area contributed by atoms with Crippen LogP contribution in [-0.4, -0.2) is 6.18 Å². The van der Waals surface area contributed by atoms with E-state index in [9.17, 15) is 22.0 Å². The van der Waals surface area contributed by atoms with Crippen molar-refractivity contribution in [1.29, 1.82) is 0 Å². The molecule has 4 unspecified atom stereocenters. The molecule has 0 spiro atoms. The maximum atomic E-state index is 15.1. The predicted molar refractivity (Wildman–Crippen MR) is 152 cm³/mol. The summed E-state index contributed by atoms with van der Waals surface area (Å²) in [5.74, 6) is 3.18. The highest BCUT2D eigenvalue weighted by Crippen LogP contribution is 2.50. The fourth-order valence-corrected chi connectivity index (χ4v) is 8.41. The first-order valence-electron chi connectivity index (χ1n) is 15.8. The molecule has 0 heterocycles. The first kappa shape index (κ1) is 30.3. The topological polar surface area (TPSA) is 0 Å². The first-order chi connectivity index (χ1) is 19.6. The zero-order chi connectivity index (χ0) is 29.1. The van der Waals surface area contributed by atoms with E-state index in [-0.39, 0.29) is 11.3 Å². The zero-order valence-corrected chi connectivity index (χ0v) is 24.1. The second kappa shape index (κ2) is 13.0. The molecule has 0 aromatic heterocycles. The van der Waals surface area contributed by atoms with Gasteiger partial charge in [-0.25, -0.2) is 13.2 Å². The number of hydrogen-bond acceptors (Lipinski definition) is 0. The van der Waals surface area contributed by atoms with Crippen LogP contribution in [0.2, 0.25) is 0 Å². The number of alkyl halides is 3. The molecule has 4 atom stereocenters. The lowest BCUT2D eigenvalue weighted by Gasteiger charge is -2.45. The molecule has 3 fully saturated rings. The molecule has 3 aliphatic rings. The van der Waals surface area contributed by atoms with Crippen LogP contribution in [0.15, 0.2) is 18.2 Å². The Morgan fingerprint density at radius 3 is 2.10 bits per heavy atom. The first-order valence-corrected chi connectivity index (χ1v) is 15.8. The van der Waals surface area contributed by atoms with Gasteiger partial charge in [-0.2, -0.15) is 13.2 Å². The molecule has 0 bridgehead atoms. The zero-order valence-electron chi connectivity index (χ0n) is 24.1. The number of halogens is 6. The van der Waals surface area contributed by atoms with E-state index in [1.165, 1.54) is 82.6 Å². The van der Waals surface area contributed by atoms with E-state index in [1.807, 2.05) is 0 Å². The lowest BCUT2D eigenvalue weighted by atomic mass is 9.60. The number of benzene rings is 2. The van der Waals surface area contributed by atoms with Crippen LogP contribution in [0.3, 0.4) is 0 Å². The molecule has 0 aliphatic heterocycles. The summed E-state index contributed by atoms with van der Waals surface area (Å²) in [6.45, 7) is 2.27. The average molecular weight is 577 g/mol. The second-order valence-corrected chi connectivity index (χ2v) is 13.1. The summed E-state index contributed by atoms with van der Waals surface area (Å²) in [4.78, 5) is 0. The summed E-state index contributed by atoms with van der Waals surface area (Å²) in [7, 11) is 0. The SMILES string of the molecule is CCCCCCC1CCC2CC(C3CCC(c4cc(F)c5c(F)c(C#CC(F)(F)F)c(F)cc5c4)CC3)CCC2C1. The Labute approximate surface area is 240 Å². The van der Waals surface area contributed by atoms with Crippen LogP contribution in [0, 0.1) is 58.9 Å². The minimum absolute atomic E-state index is 0.0222. The standard InChI is InChI=1S/C35H42F6/c1-2-3-4-5-6-22-7-8-27-18-26(14-13-25(27)17-22)23-9-11-24(12-10-23)28-19-29-21-31(36)30(15-16-35(39,40)41)34(38)33(29)32(37)20-28/h19-27H,2-14,17-18H2,1H3. The van der Waals surface area contributed by atoms with Gasteiger partial charge >= 0.3 is 6.18 Å². The average Bonchev–Trinajstić information content (AvgIpc) is 2.94. The molecule has 0 radical (unpaired) electrons. The maximum Gasteiger partial charge on any atom is 0.458 e. The van der Waals surface area contributed by atoms with Crippen molar-refractivity contribution in [3.8, 4) is 11.8 Å². The van der Waals surface area contributed by atoms with Crippen molar-refractivity contribution in [3.05, 3.63) is 46.8 Å². The largest absolute Gasteiger partial charge is 0.458 e. The number of unbranched alkanes of at least 4 members (excludes halogenated alkanes) is 3. The Morgan fingerprint density at radius 1 is 0.732 bits per heavy atom. The van der Waals surface area contributed by atoms with Crippen molar-refractivity contribution in [3.63, 3.8) is 0 Å². The number of fused-ring (bicyclic) bond motifs is 2. The van der Waals surface area contributed by atoms with Gasteiger partial charge in [0.2, 0.25) is 0 Å². The van der Waals surface area contributed by atoms with Crippen LogP contribution < -0.4 is 0 Å². The minimum atomic E-state index is -4.90. The van der Waals surface area contributed by atoms with Gasteiger partial charge in [-0.05, 0) is 116 Å². The van der Waals surface area contributed by atoms with Crippen molar-refractivity contribution in [2.45, 2.75) is 115 Å². The quantitative estimate of drug-likeness (QED) is 0.175. The van der Waals surface area contributed by atoms with Crippen molar-refractivity contribution >= 4 is 10.8 Å². The maximum absolute atomic E-state index is 15.1. The lowest BCUT2D eigenvalue weighted by molar-refractivity contribution is -0.0696. The second-order valence-electron chi connectivity index (χ2n) is 13.1. The predicted octanol–water partition coefficient (Wildman–Crippen LogP) is 11.2. The summed E-state index contributed by atoms with van der Waals surface area (Å²) >= 11 is 0. The third-order valence-electron chi connectivity index (χ3n) is 10.6. The Hall–Kier alpha value is -2.16.